The highest BCUT2D eigenvalue weighted by atomic mass is 16.1. The van der Waals surface area contributed by atoms with Gasteiger partial charge in [0.05, 0.1) is 23.1 Å². The minimum atomic E-state index is -0.176. The van der Waals surface area contributed by atoms with Gasteiger partial charge in [-0.3, -0.25) is 19.9 Å². The van der Waals surface area contributed by atoms with Gasteiger partial charge in [-0.05, 0) is 35.9 Å². The van der Waals surface area contributed by atoms with Crippen molar-refractivity contribution in [2.24, 2.45) is 0 Å². The van der Waals surface area contributed by atoms with E-state index in [0.717, 1.165) is 22.2 Å². The van der Waals surface area contributed by atoms with E-state index in [1.54, 1.807) is 53.9 Å². The molecule has 4 heterocycles. The fourth-order valence-electron chi connectivity index (χ4n) is 3.26. The number of nitrogens with one attached hydrogen (secondary N) is 1. The van der Waals surface area contributed by atoms with Crippen LogP contribution in [0, 0.1) is 0 Å². The number of fused-ring (bicyclic) bond motifs is 1. The lowest BCUT2D eigenvalue weighted by Gasteiger charge is -2.10. The number of benzene rings is 1. The van der Waals surface area contributed by atoms with Gasteiger partial charge in [0.25, 0.3) is 0 Å². The van der Waals surface area contributed by atoms with Crippen LogP contribution in [0.5, 0.6) is 0 Å². The van der Waals surface area contributed by atoms with Crippen LogP contribution in [-0.4, -0.2) is 29.9 Å². The Morgan fingerprint density at radius 2 is 1.75 bits per heavy atom. The van der Waals surface area contributed by atoms with Crippen LogP contribution in [0.4, 0.5) is 0 Å². The first-order valence-corrected chi connectivity index (χ1v) is 8.70. The van der Waals surface area contributed by atoms with Gasteiger partial charge in [0.2, 0.25) is 5.43 Å². The van der Waals surface area contributed by atoms with E-state index in [1.807, 2.05) is 30.3 Å². The van der Waals surface area contributed by atoms with Gasteiger partial charge in [-0.2, -0.15) is 10.2 Å². The second-order valence-electron chi connectivity index (χ2n) is 6.19. The third-order valence-electron chi connectivity index (χ3n) is 4.58. The minimum Gasteiger partial charge on any atom is -0.287 e. The summed E-state index contributed by atoms with van der Waals surface area (Å²) < 4.78 is 1.72. The summed E-state index contributed by atoms with van der Waals surface area (Å²) in [7, 11) is 0. The lowest BCUT2D eigenvalue weighted by molar-refractivity contribution is 0.881. The van der Waals surface area contributed by atoms with E-state index in [-0.39, 0.29) is 5.43 Å². The molecule has 0 amide bonds. The van der Waals surface area contributed by atoms with Gasteiger partial charge in [-0.25, -0.2) is 4.68 Å². The zero-order valence-electron chi connectivity index (χ0n) is 14.6. The van der Waals surface area contributed by atoms with Crippen LogP contribution >= 0.6 is 0 Å². The predicted octanol–water partition coefficient (Wildman–Crippen LogP) is 3.23. The van der Waals surface area contributed by atoms with Crippen LogP contribution < -0.4 is 5.43 Å². The largest absolute Gasteiger partial charge is 0.287 e. The summed E-state index contributed by atoms with van der Waals surface area (Å²) in [4.78, 5) is 21.6. The van der Waals surface area contributed by atoms with Crippen molar-refractivity contribution >= 4 is 10.9 Å². The number of aromatic amines is 1. The molecule has 0 saturated carbocycles. The molecule has 0 radical (unpaired) electrons. The standard InChI is InChI=1S/C21H14N6O/c28-21-16(14-5-9-22-10-6-14)13-24-26-20(21)19-8-12-25-27(19)18-7-11-23-17-4-2-1-3-15(17)18/h1-13H,(H,24,28). The Bertz CT molecular complexity index is 1330. The molecular formula is C21H14N6O. The monoisotopic (exact) mass is 366 g/mol. The van der Waals surface area contributed by atoms with Gasteiger partial charge in [0.15, 0.2) is 5.69 Å². The van der Waals surface area contributed by atoms with Crippen molar-refractivity contribution < 1.29 is 0 Å². The normalized spacial score (nSPS) is 11.0. The molecule has 5 aromatic rings. The first-order valence-electron chi connectivity index (χ1n) is 8.70. The lowest BCUT2D eigenvalue weighted by Crippen LogP contribution is -2.14. The van der Waals surface area contributed by atoms with Crippen molar-refractivity contribution in [2.45, 2.75) is 0 Å². The van der Waals surface area contributed by atoms with Crippen molar-refractivity contribution in [1.29, 1.82) is 0 Å². The fourth-order valence-corrected chi connectivity index (χ4v) is 3.26. The first-order chi connectivity index (χ1) is 13.8. The van der Waals surface area contributed by atoms with E-state index in [9.17, 15) is 4.79 Å². The molecular weight excluding hydrogens is 352 g/mol. The number of rotatable bonds is 3. The Morgan fingerprint density at radius 1 is 0.893 bits per heavy atom. The highest BCUT2D eigenvalue weighted by Crippen LogP contribution is 2.25. The van der Waals surface area contributed by atoms with E-state index in [1.165, 1.54) is 0 Å². The maximum atomic E-state index is 13.2. The smallest absolute Gasteiger partial charge is 0.217 e. The van der Waals surface area contributed by atoms with Gasteiger partial charge in [-0.15, -0.1) is 0 Å². The van der Waals surface area contributed by atoms with Crippen LogP contribution in [0.2, 0.25) is 0 Å². The molecule has 0 fully saturated rings. The van der Waals surface area contributed by atoms with Crippen molar-refractivity contribution in [3.63, 3.8) is 0 Å². The molecule has 0 aliphatic heterocycles. The van der Waals surface area contributed by atoms with E-state index < -0.39 is 0 Å². The third-order valence-corrected chi connectivity index (χ3v) is 4.58. The van der Waals surface area contributed by atoms with Gasteiger partial charge in [-0.1, -0.05) is 18.2 Å². The number of para-hydroxylation sites is 1. The summed E-state index contributed by atoms with van der Waals surface area (Å²) in [5.41, 5.74) is 3.72. The quantitative estimate of drug-likeness (QED) is 0.529. The summed E-state index contributed by atoms with van der Waals surface area (Å²) in [5, 5.41) is 12.5. The van der Waals surface area contributed by atoms with Gasteiger partial charge in [0.1, 0.15) is 0 Å². The number of H-pyrrole nitrogens is 1. The van der Waals surface area contributed by atoms with Crippen molar-refractivity contribution in [2.75, 3.05) is 0 Å². The minimum absolute atomic E-state index is 0.176. The Labute approximate surface area is 159 Å². The topological polar surface area (TPSA) is 89.4 Å². The molecule has 134 valence electrons. The van der Waals surface area contributed by atoms with Gasteiger partial charge >= 0.3 is 0 Å². The molecule has 1 N–H and O–H groups in total. The molecule has 0 spiro atoms. The first kappa shape index (κ1) is 16.1. The van der Waals surface area contributed by atoms with E-state index >= 15 is 0 Å². The molecule has 7 heteroatoms. The molecule has 0 aliphatic carbocycles. The third kappa shape index (κ3) is 2.57. The SMILES string of the molecule is O=c1c(-c2ccncc2)c[nH]nc1-c1ccnn1-c1ccnc2ccccc12. The van der Waals surface area contributed by atoms with E-state index in [0.29, 0.717) is 17.0 Å². The Kier molecular flexibility index (Phi) is 3.76. The highest BCUT2D eigenvalue weighted by Gasteiger charge is 2.17. The molecule has 5 rings (SSSR count). The molecule has 0 unspecified atom stereocenters. The molecule has 0 saturated heterocycles. The van der Waals surface area contributed by atoms with Crippen LogP contribution in [0.1, 0.15) is 0 Å². The Morgan fingerprint density at radius 3 is 2.64 bits per heavy atom. The number of hydrogen-bond acceptors (Lipinski definition) is 5. The molecule has 1 aromatic carbocycles. The van der Waals surface area contributed by atoms with E-state index in [2.05, 4.69) is 25.3 Å². The predicted molar refractivity (Wildman–Crippen MR) is 106 cm³/mol. The fraction of sp³-hybridized carbons (Fsp3) is 0. The van der Waals surface area contributed by atoms with Crippen molar-refractivity contribution in [1.82, 2.24) is 29.9 Å². The Hall–Kier alpha value is -4.13. The second kappa shape index (κ2) is 6.55. The average Bonchev–Trinajstić information content (AvgIpc) is 3.23. The molecule has 7 nitrogen and oxygen atoms in total. The summed E-state index contributed by atoms with van der Waals surface area (Å²) in [6.45, 7) is 0. The van der Waals surface area contributed by atoms with Crippen molar-refractivity contribution in [3.8, 4) is 28.2 Å². The zero-order valence-corrected chi connectivity index (χ0v) is 14.6. The van der Waals surface area contributed by atoms with Crippen LogP contribution in [0.3, 0.4) is 0 Å². The second-order valence-corrected chi connectivity index (χ2v) is 6.19. The molecule has 0 bridgehead atoms. The summed E-state index contributed by atoms with van der Waals surface area (Å²) in [6.07, 6.45) is 8.30. The highest BCUT2D eigenvalue weighted by molar-refractivity contribution is 5.87. The maximum Gasteiger partial charge on any atom is 0.217 e. The summed E-state index contributed by atoms with van der Waals surface area (Å²) in [6, 6.07) is 15.1. The average molecular weight is 366 g/mol. The molecule has 0 atom stereocenters. The lowest BCUT2D eigenvalue weighted by atomic mass is 10.1. The summed E-state index contributed by atoms with van der Waals surface area (Å²) in [5.74, 6) is 0. The zero-order chi connectivity index (χ0) is 18.9. The Balaban J connectivity index is 1.72. The van der Waals surface area contributed by atoms with E-state index in [4.69, 9.17) is 0 Å². The van der Waals surface area contributed by atoms with Crippen LogP contribution in [-0.2, 0) is 0 Å². The summed E-state index contributed by atoms with van der Waals surface area (Å²) >= 11 is 0. The number of pyridine rings is 2. The molecule has 4 aromatic heterocycles. The van der Waals surface area contributed by atoms with Gasteiger partial charge < -0.3 is 0 Å². The molecule has 28 heavy (non-hydrogen) atoms. The number of nitrogens with zero attached hydrogens (tertiary/aromatic N) is 5. The molecule has 0 aliphatic rings. The van der Waals surface area contributed by atoms with Crippen molar-refractivity contribution in [3.05, 3.63) is 89.7 Å². The maximum absolute atomic E-state index is 13.2. The number of aromatic nitrogens is 6. The number of hydrogen-bond donors (Lipinski definition) is 1. The van der Waals surface area contributed by atoms with Gasteiger partial charge in [0, 0.05) is 35.7 Å². The van der Waals surface area contributed by atoms with Crippen LogP contribution in [0.25, 0.3) is 39.1 Å². The van der Waals surface area contributed by atoms with Crippen LogP contribution in [0.15, 0.2) is 84.3 Å².